The van der Waals surface area contributed by atoms with Gasteiger partial charge in [0, 0.05) is 0 Å². The lowest BCUT2D eigenvalue weighted by Crippen LogP contribution is -2.07. The number of epoxide rings is 1. The quantitative estimate of drug-likeness (QED) is 0.210. The Morgan fingerprint density at radius 3 is 2.26 bits per heavy atom. The molecular formula is C28H32O3. The average Bonchev–Trinajstić information content (AvgIpc) is 3.62. The second-order valence-corrected chi connectivity index (χ2v) is 8.56. The summed E-state index contributed by atoms with van der Waals surface area (Å²) in [5.41, 5.74) is 7.64. The number of ether oxygens (including phenoxy) is 3. The number of aryl methyl sites for hydroxylation is 1. The van der Waals surface area contributed by atoms with Crippen molar-refractivity contribution in [3.63, 3.8) is 0 Å². The van der Waals surface area contributed by atoms with Crippen molar-refractivity contribution in [3.05, 3.63) is 77.9 Å². The van der Waals surface area contributed by atoms with Gasteiger partial charge in [0.2, 0.25) is 0 Å². The summed E-state index contributed by atoms with van der Waals surface area (Å²) in [6.45, 7) is 8.40. The van der Waals surface area contributed by atoms with Gasteiger partial charge in [-0.15, -0.1) is 0 Å². The van der Waals surface area contributed by atoms with E-state index in [9.17, 15) is 0 Å². The molecule has 0 spiro atoms. The molecule has 3 aromatic rings. The first-order valence-corrected chi connectivity index (χ1v) is 11.2. The van der Waals surface area contributed by atoms with E-state index in [1.54, 1.807) is 0 Å². The molecule has 1 heterocycles. The number of hydrogen-bond donors (Lipinski definition) is 0. The van der Waals surface area contributed by atoms with Crippen LogP contribution in [0.5, 0.6) is 5.75 Å². The van der Waals surface area contributed by atoms with Crippen LogP contribution in [-0.4, -0.2) is 26.1 Å². The Balaban J connectivity index is 1.39. The molecule has 4 rings (SSSR count). The maximum atomic E-state index is 5.65. The van der Waals surface area contributed by atoms with Gasteiger partial charge in [0.1, 0.15) is 11.9 Å². The van der Waals surface area contributed by atoms with Crippen LogP contribution in [0.3, 0.4) is 0 Å². The lowest BCUT2D eigenvalue weighted by molar-refractivity contribution is 0.00822. The molecule has 162 valence electrons. The minimum Gasteiger partial charge on any atom is -0.468 e. The van der Waals surface area contributed by atoms with E-state index in [4.69, 9.17) is 14.2 Å². The molecule has 2 unspecified atom stereocenters. The molecule has 1 fully saturated rings. The van der Waals surface area contributed by atoms with E-state index in [2.05, 4.69) is 75.4 Å². The highest BCUT2D eigenvalue weighted by molar-refractivity contribution is 5.74. The van der Waals surface area contributed by atoms with Crippen LogP contribution < -0.4 is 4.74 Å². The third kappa shape index (κ3) is 5.96. The minimum absolute atomic E-state index is 0.253. The molecule has 0 amide bonds. The standard InChI is InChI=1S/C28H32O3/c1-4-20(2)15-22-5-7-23(8-6-22)25-11-14-28(21(3)16-25)24-9-12-26(13-10-24)31-19-29-17-27-18-30-27/h5-14,16,20,27H,4,15,17-19H2,1-3H3. The number of hydrogen-bond acceptors (Lipinski definition) is 3. The highest BCUT2D eigenvalue weighted by Gasteiger charge is 2.22. The molecule has 3 aromatic carbocycles. The zero-order valence-corrected chi connectivity index (χ0v) is 18.8. The summed E-state index contributed by atoms with van der Waals surface area (Å²) in [4.78, 5) is 0. The van der Waals surface area contributed by atoms with Crippen LogP contribution in [0.1, 0.15) is 31.4 Å². The van der Waals surface area contributed by atoms with Crippen molar-refractivity contribution in [1.29, 1.82) is 0 Å². The minimum atomic E-state index is 0.253. The summed E-state index contributed by atoms with van der Waals surface area (Å²) in [6.07, 6.45) is 2.63. The molecule has 0 aliphatic carbocycles. The van der Waals surface area contributed by atoms with Crippen LogP contribution in [0.15, 0.2) is 66.7 Å². The summed E-state index contributed by atoms with van der Waals surface area (Å²) in [7, 11) is 0. The van der Waals surface area contributed by atoms with Crippen molar-refractivity contribution in [2.45, 2.75) is 39.7 Å². The van der Waals surface area contributed by atoms with Crippen molar-refractivity contribution in [2.75, 3.05) is 20.0 Å². The predicted octanol–water partition coefficient (Wildman–Crippen LogP) is 6.67. The highest BCUT2D eigenvalue weighted by atomic mass is 16.7. The summed E-state index contributed by atoms with van der Waals surface area (Å²) in [5.74, 6) is 1.54. The zero-order chi connectivity index (χ0) is 21.6. The fourth-order valence-electron chi connectivity index (χ4n) is 3.73. The summed E-state index contributed by atoms with van der Waals surface area (Å²) < 4.78 is 16.2. The molecular weight excluding hydrogens is 384 g/mol. The monoisotopic (exact) mass is 416 g/mol. The Morgan fingerprint density at radius 2 is 1.61 bits per heavy atom. The van der Waals surface area contributed by atoms with Crippen molar-refractivity contribution in [3.8, 4) is 28.0 Å². The van der Waals surface area contributed by atoms with Crippen LogP contribution in [0.25, 0.3) is 22.3 Å². The average molecular weight is 417 g/mol. The fraction of sp³-hybridized carbons (Fsp3) is 0.357. The SMILES string of the molecule is CCC(C)Cc1ccc(-c2ccc(-c3ccc(OCOCC4CO4)cc3)c(C)c2)cc1. The van der Waals surface area contributed by atoms with Crippen molar-refractivity contribution in [2.24, 2.45) is 5.92 Å². The van der Waals surface area contributed by atoms with E-state index < -0.39 is 0 Å². The summed E-state index contributed by atoms with van der Waals surface area (Å²) in [5, 5.41) is 0. The third-order valence-electron chi connectivity index (χ3n) is 5.98. The van der Waals surface area contributed by atoms with Crippen molar-refractivity contribution in [1.82, 2.24) is 0 Å². The first kappa shape index (κ1) is 21.6. The maximum absolute atomic E-state index is 5.65. The fourth-order valence-corrected chi connectivity index (χ4v) is 3.73. The van der Waals surface area contributed by atoms with E-state index >= 15 is 0 Å². The second-order valence-electron chi connectivity index (χ2n) is 8.56. The lowest BCUT2D eigenvalue weighted by Gasteiger charge is -2.12. The van der Waals surface area contributed by atoms with Crippen LogP contribution in [0, 0.1) is 12.8 Å². The molecule has 3 heteroatoms. The van der Waals surface area contributed by atoms with Gasteiger partial charge in [-0.3, -0.25) is 0 Å². The van der Waals surface area contributed by atoms with Gasteiger partial charge in [-0.1, -0.05) is 74.9 Å². The Bertz CT molecular complexity index is 972. The Kier molecular flexibility index (Phi) is 7.06. The smallest absolute Gasteiger partial charge is 0.189 e. The van der Waals surface area contributed by atoms with E-state index in [-0.39, 0.29) is 12.9 Å². The molecule has 0 N–H and O–H groups in total. The number of rotatable bonds is 10. The summed E-state index contributed by atoms with van der Waals surface area (Å²) >= 11 is 0. The van der Waals surface area contributed by atoms with Gasteiger partial charge in [-0.2, -0.15) is 0 Å². The van der Waals surface area contributed by atoms with E-state index in [1.807, 2.05) is 12.1 Å². The first-order valence-electron chi connectivity index (χ1n) is 11.2. The first-order chi connectivity index (χ1) is 15.1. The molecule has 31 heavy (non-hydrogen) atoms. The Morgan fingerprint density at radius 1 is 0.935 bits per heavy atom. The molecule has 0 aromatic heterocycles. The molecule has 0 bridgehead atoms. The van der Waals surface area contributed by atoms with Gasteiger partial charge in [-0.05, 0) is 64.8 Å². The normalized spacial score (nSPS) is 16.2. The van der Waals surface area contributed by atoms with Gasteiger partial charge in [-0.25, -0.2) is 0 Å². The van der Waals surface area contributed by atoms with Crippen LogP contribution in [0.2, 0.25) is 0 Å². The van der Waals surface area contributed by atoms with E-state index in [1.165, 1.54) is 39.8 Å². The topological polar surface area (TPSA) is 31.0 Å². The molecule has 2 atom stereocenters. The van der Waals surface area contributed by atoms with Crippen molar-refractivity contribution >= 4 is 0 Å². The number of benzene rings is 3. The van der Waals surface area contributed by atoms with Gasteiger partial charge in [0.05, 0.1) is 13.2 Å². The van der Waals surface area contributed by atoms with Crippen LogP contribution >= 0.6 is 0 Å². The van der Waals surface area contributed by atoms with E-state index in [0.29, 0.717) is 6.61 Å². The van der Waals surface area contributed by atoms with Crippen LogP contribution in [0.4, 0.5) is 0 Å². The Hall–Kier alpha value is -2.62. The van der Waals surface area contributed by atoms with Gasteiger partial charge in [0.25, 0.3) is 0 Å². The molecule has 0 saturated carbocycles. The highest BCUT2D eigenvalue weighted by Crippen LogP contribution is 2.30. The molecule has 1 saturated heterocycles. The summed E-state index contributed by atoms with van der Waals surface area (Å²) in [6, 6.07) is 23.9. The van der Waals surface area contributed by atoms with Gasteiger partial charge >= 0.3 is 0 Å². The van der Waals surface area contributed by atoms with Crippen LogP contribution in [-0.2, 0) is 15.9 Å². The molecule has 1 aliphatic rings. The van der Waals surface area contributed by atoms with E-state index in [0.717, 1.165) is 24.7 Å². The van der Waals surface area contributed by atoms with Crippen molar-refractivity contribution < 1.29 is 14.2 Å². The third-order valence-corrected chi connectivity index (χ3v) is 5.98. The zero-order valence-electron chi connectivity index (χ0n) is 18.8. The second kappa shape index (κ2) is 10.1. The molecule has 3 nitrogen and oxygen atoms in total. The molecule has 1 aliphatic heterocycles. The molecule has 0 radical (unpaired) electrons. The van der Waals surface area contributed by atoms with Gasteiger partial charge in [0.15, 0.2) is 6.79 Å². The maximum Gasteiger partial charge on any atom is 0.189 e. The van der Waals surface area contributed by atoms with Gasteiger partial charge < -0.3 is 14.2 Å². The lowest BCUT2D eigenvalue weighted by atomic mass is 9.94. The largest absolute Gasteiger partial charge is 0.468 e. The Labute approximate surface area is 186 Å². The predicted molar refractivity (Wildman–Crippen MR) is 126 cm³/mol.